The number of rotatable bonds is 11. The number of esters is 1. The maximum Gasteiger partial charge on any atom is 0.341 e. The van der Waals surface area contributed by atoms with E-state index in [-0.39, 0.29) is 5.91 Å². The number of carbonyl (C=O) groups excluding carboxylic acids is 2. The molecule has 0 radical (unpaired) electrons. The van der Waals surface area contributed by atoms with Crippen LogP contribution in [0.25, 0.3) is 17.2 Å². The number of aryl methyl sites for hydroxylation is 1. The topological polar surface area (TPSA) is 73.9 Å². The normalized spacial score (nSPS) is 10.9. The molecule has 3 aromatic rings. The molecule has 0 saturated carbocycles. The number of carbonyl (C=O) groups is 2. The van der Waals surface area contributed by atoms with Gasteiger partial charge in [-0.15, -0.1) is 11.3 Å². The van der Waals surface area contributed by atoms with Gasteiger partial charge in [-0.1, -0.05) is 47.5 Å². The highest BCUT2D eigenvalue weighted by Gasteiger charge is 2.24. The zero-order valence-corrected chi connectivity index (χ0v) is 23.3. The van der Waals surface area contributed by atoms with Crippen molar-refractivity contribution < 1.29 is 23.8 Å². The Morgan fingerprint density at radius 2 is 1.81 bits per heavy atom. The Morgan fingerprint density at radius 1 is 1.06 bits per heavy atom. The minimum Gasteiger partial charge on any atom is -0.490 e. The van der Waals surface area contributed by atoms with E-state index in [9.17, 15) is 9.59 Å². The molecule has 1 aromatic heterocycles. The van der Waals surface area contributed by atoms with Crippen LogP contribution in [0.3, 0.4) is 0 Å². The van der Waals surface area contributed by atoms with Crippen LogP contribution in [0.1, 0.15) is 47.5 Å². The molecule has 1 amide bonds. The first-order chi connectivity index (χ1) is 17.4. The Kier molecular flexibility index (Phi) is 10.1. The molecular formula is C28H30BrNO5S. The maximum atomic E-state index is 12.8. The summed E-state index contributed by atoms with van der Waals surface area (Å²) in [6, 6.07) is 13.2. The van der Waals surface area contributed by atoms with Crippen LogP contribution in [0.4, 0.5) is 5.00 Å². The van der Waals surface area contributed by atoms with Gasteiger partial charge in [0.1, 0.15) is 10.6 Å². The highest BCUT2D eigenvalue weighted by Crippen LogP contribution is 2.40. The predicted molar refractivity (Wildman–Crippen MR) is 149 cm³/mol. The number of benzene rings is 2. The second-order valence-electron chi connectivity index (χ2n) is 7.90. The Morgan fingerprint density at radius 3 is 2.47 bits per heavy atom. The molecule has 1 heterocycles. The van der Waals surface area contributed by atoms with Crippen LogP contribution in [0.2, 0.25) is 0 Å². The smallest absolute Gasteiger partial charge is 0.341 e. The van der Waals surface area contributed by atoms with E-state index in [1.165, 1.54) is 24.5 Å². The number of thiophene rings is 1. The molecule has 0 spiro atoms. The number of anilines is 1. The average Bonchev–Trinajstić information content (AvgIpc) is 3.19. The highest BCUT2D eigenvalue weighted by molar-refractivity contribution is 9.10. The molecule has 3 rings (SSSR count). The van der Waals surface area contributed by atoms with Crippen LogP contribution in [-0.4, -0.2) is 32.2 Å². The Bertz CT molecular complexity index is 1230. The number of ether oxygens (including phenoxy) is 3. The zero-order valence-electron chi connectivity index (χ0n) is 20.9. The van der Waals surface area contributed by atoms with Gasteiger partial charge in [-0.3, -0.25) is 4.79 Å². The summed E-state index contributed by atoms with van der Waals surface area (Å²) in [7, 11) is 1.33. The van der Waals surface area contributed by atoms with E-state index in [1.54, 1.807) is 6.08 Å². The zero-order chi connectivity index (χ0) is 26.1. The standard InChI is InChI=1S/C28H30BrNO5S/c1-5-7-16-35-22-14-8-19(17-23(22)34-6-2)9-15-24(31)30-27-26(28(32)33-4)25(18(3)36-27)20-10-12-21(29)13-11-20/h8-15,17H,5-7,16H2,1-4H3,(H,30,31)/b15-9+. The van der Waals surface area contributed by atoms with Gasteiger partial charge in [0.2, 0.25) is 5.91 Å². The fourth-order valence-electron chi connectivity index (χ4n) is 3.56. The van der Waals surface area contributed by atoms with Crippen molar-refractivity contribution in [3.05, 3.63) is 69.0 Å². The van der Waals surface area contributed by atoms with Crippen LogP contribution < -0.4 is 14.8 Å². The van der Waals surface area contributed by atoms with Gasteiger partial charge in [-0.25, -0.2) is 4.79 Å². The molecule has 36 heavy (non-hydrogen) atoms. The number of methoxy groups -OCH3 is 1. The SMILES string of the molecule is CCCCOc1ccc(/C=C/C(=O)Nc2sc(C)c(-c3ccc(Br)cc3)c2C(=O)OC)cc1OCC. The van der Waals surface area contributed by atoms with Crippen LogP contribution in [0.15, 0.2) is 53.0 Å². The molecule has 0 unspecified atom stereocenters. The molecule has 0 fully saturated rings. The second kappa shape index (κ2) is 13.3. The minimum atomic E-state index is -0.503. The lowest BCUT2D eigenvalue weighted by Crippen LogP contribution is -2.11. The fourth-order valence-corrected chi connectivity index (χ4v) is 4.89. The minimum absolute atomic E-state index is 0.344. The van der Waals surface area contributed by atoms with Crippen molar-refractivity contribution in [2.24, 2.45) is 0 Å². The first kappa shape index (κ1) is 27.5. The molecule has 0 aliphatic heterocycles. The first-order valence-electron chi connectivity index (χ1n) is 11.7. The summed E-state index contributed by atoms with van der Waals surface area (Å²) in [4.78, 5) is 26.4. The van der Waals surface area contributed by atoms with Crippen molar-refractivity contribution in [3.8, 4) is 22.6 Å². The van der Waals surface area contributed by atoms with Crippen molar-refractivity contribution >= 4 is 50.2 Å². The van der Waals surface area contributed by atoms with E-state index in [1.807, 2.05) is 56.3 Å². The van der Waals surface area contributed by atoms with Crippen LogP contribution in [0, 0.1) is 6.92 Å². The van der Waals surface area contributed by atoms with E-state index < -0.39 is 5.97 Å². The summed E-state index contributed by atoms with van der Waals surface area (Å²) in [6.45, 7) is 7.07. The molecule has 8 heteroatoms. The van der Waals surface area contributed by atoms with E-state index >= 15 is 0 Å². The molecular weight excluding hydrogens is 542 g/mol. The van der Waals surface area contributed by atoms with Gasteiger partial charge in [-0.2, -0.15) is 0 Å². The van der Waals surface area contributed by atoms with Gasteiger partial charge in [0.05, 0.1) is 20.3 Å². The molecule has 0 bridgehead atoms. The van der Waals surface area contributed by atoms with Gasteiger partial charge in [0, 0.05) is 21.0 Å². The van der Waals surface area contributed by atoms with Crippen LogP contribution in [-0.2, 0) is 9.53 Å². The Balaban J connectivity index is 1.82. The quantitative estimate of drug-likeness (QED) is 0.146. The molecule has 6 nitrogen and oxygen atoms in total. The summed E-state index contributed by atoms with van der Waals surface area (Å²) in [5.41, 5.74) is 2.76. The lowest BCUT2D eigenvalue weighted by molar-refractivity contribution is -0.111. The number of nitrogens with one attached hydrogen (secondary N) is 1. The molecule has 0 aliphatic carbocycles. The van der Waals surface area contributed by atoms with Crippen LogP contribution >= 0.6 is 27.3 Å². The third-order valence-electron chi connectivity index (χ3n) is 5.29. The van der Waals surface area contributed by atoms with Crippen molar-refractivity contribution in [2.75, 3.05) is 25.6 Å². The summed E-state index contributed by atoms with van der Waals surface area (Å²) in [5, 5.41) is 3.30. The van der Waals surface area contributed by atoms with E-state index in [2.05, 4.69) is 28.2 Å². The largest absolute Gasteiger partial charge is 0.490 e. The summed E-state index contributed by atoms with van der Waals surface area (Å²) >= 11 is 4.77. The third kappa shape index (κ3) is 6.98. The Labute approximate surface area is 224 Å². The number of amides is 1. The van der Waals surface area contributed by atoms with E-state index in [0.717, 1.165) is 38.9 Å². The van der Waals surface area contributed by atoms with E-state index in [0.29, 0.717) is 35.3 Å². The van der Waals surface area contributed by atoms with Gasteiger partial charge < -0.3 is 19.5 Å². The fraction of sp³-hybridized carbons (Fsp3) is 0.286. The van der Waals surface area contributed by atoms with E-state index in [4.69, 9.17) is 14.2 Å². The van der Waals surface area contributed by atoms with Gasteiger partial charge >= 0.3 is 5.97 Å². The lowest BCUT2D eigenvalue weighted by Gasteiger charge is -2.12. The molecule has 0 aliphatic rings. The van der Waals surface area contributed by atoms with Crippen molar-refractivity contribution in [1.29, 1.82) is 0 Å². The average molecular weight is 573 g/mol. The Hall–Kier alpha value is -3.10. The predicted octanol–water partition coefficient (Wildman–Crippen LogP) is 7.50. The van der Waals surface area contributed by atoms with Crippen molar-refractivity contribution in [3.63, 3.8) is 0 Å². The molecule has 1 N–H and O–H groups in total. The number of hydrogen-bond acceptors (Lipinski definition) is 6. The lowest BCUT2D eigenvalue weighted by atomic mass is 10.0. The molecule has 0 atom stereocenters. The maximum absolute atomic E-state index is 12.8. The van der Waals surface area contributed by atoms with Crippen molar-refractivity contribution in [1.82, 2.24) is 0 Å². The summed E-state index contributed by atoms with van der Waals surface area (Å²) < 4.78 is 17.5. The van der Waals surface area contributed by atoms with Crippen molar-refractivity contribution in [2.45, 2.75) is 33.6 Å². The highest BCUT2D eigenvalue weighted by atomic mass is 79.9. The number of halogens is 1. The van der Waals surface area contributed by atoms with Gasteiger partial charge in [0.15, 0.2) is 11.5 Å². The summed E-state index contributed by atoms with van der Waals surface area (Å²) in [5.74, 6) is 0.461. The van der Waals surface area contributed by atoms with Crippen LogP contribution in [0.5, 0.6) is 11.5 Å². The van der Waals surface area contributed by atoms with Gasteiger partial charge in [0.25, 0.3) is 0 Å². The number of hydrogen-bond donors (Lipinski definition) is 1. The number of unbranched alkanes of at least 4 members (excludes halogenated alkanes) is 1. The monoisotopic (exact) mass is 571 g/mol. The summed E-state index contributed by atoms with van der Waals surface area (Å²) in [6.07, 6.45) is 5.14. The first-order valence-corrected chi connectivity index (χ1v) is 13.3. The molecule has 2 aromatic carbocycles. The third-order valence-corrected chi connectivity index (χ3v) is 6.84. The molecule has 0 saturated heterocycles. The van der Waals surface area contributed by atoms with Gasteiger partial charge in [-0.05, 0) is 61.7 Å². The molecule has 190 valence electrons. The second-order valence-corrected chi connectivity index (χ2v) is 10.0.